The van der Waals surface area contributed by atoms with E-state index in [1.807, 2.05) is 0 Å². The first-order valence-corrected chi connectivity index (χ1v) is 3.28. The summed E-state index contributed by atoms with van der Waals surface area (Å²) in [6.07, 6.45) is 0. The van der Waals surface area contributed by atoms with Crippen molar-refractivity contribution in [1.82, 2.24) is 11.6 Å². The molecule has 88 valence electrons. The van der Waals surface area contributed by atoms with Crippen molar-refractivity contribution in [2.75, 3.05) is 0 Å². The van der Waals surface area contributed by atoms with E-state index in [9.17, 15) is 30.1 Å². The molecule has 0 aromatic rings. The molecule has 16 heavy (non-hydrogen) atoms. The van der Waals surface area contributed by atoms with E-state index in [4.69, 9.17) is 5.41 Å². The fourth-order valence-electron chi connectivity index (χ4n) is 0.894. The second kappa shape index (κ2) is 3.85. The lowest BCUT2D eigenvalue weighted by Crippen LogP contribution is -2.65. The molecule has 1 heterocycles. The van der Waals surface area contributed by atoms with Crippen molar-refractivity contribution in [1.29, 1.82) is 5.41 Å². The maximum Gasteiger partial charge on any atom is 0.419 e. The maximum absolute atomic E-state index is 10.5. The monoisotopic (exact) mass is 234 g/mol. The molecule has 1 aliphatic heterocycles. The number of nitrogens with one attached hydrogen (secondary N) is 2. The molecule has 6 N–H and O–H groups in total. The summed E-state index contributed by atoms with van der Waals surface area (Å²) >= 11 is 0. The Balaban J connectivity index is 0.00000225. The molecule has 12 heteroatoms. The van der Waals surface area contributed by atoms with Crippen LogP contribution in [-0.2, 0) is 4.79 Å². The summed E-state index contributed by atoms with van der Waals surface area (Å²) in [6, 6.07) is 0. The average Bonchev–Trinajstić information content (AvgIpc) is 2.43. The molecule has 12 nitrogen and oxygen atoms in total. The van der Waals surface area contributed by atoms with E-state index in [1.165, 1.54) is 5.43 Å². The minimum absolute atomic E-state index is 0. The average molecular weight is 234 g/mol. The van der Waals surface area contributed by atoms with Gasteiger partial charge in [-0.3, -0.25) is 15.5 Å². The Morgan fingerprint density at radius 1 is 1.44 bits per heavy atom. The van der Waals surface area contributed by atoms with Gasteiger partial charge in [0.1, 0.15) is 0 Å². The molecule has 0 bridgehead atoms. The number of nitrogens with zero attached hydrogens (tertiary/aromatic N) is 3. The number of hydrogen-bond acceptors (Lipinski definition) is 9. The van der Waals surface area contributed by atoms with Gasteiger partial charge in [0.15, 0.2) is 5.97 Å². The van der Waals surface area contributed by atoms with Crippen LogP contribution in [-0.4, -0.2) is 33.0 Å². The molecule has 0 fully saturated rings. The molecule has 0 amide bonds. The van der Waals surface area contributed by atoms with Crippen LogP contribution in [0.25, 0.3) is 0 Å². The summed E-state index contributed by atoms with van der Waals surface area (Å²) in [7, 11) is 0. The number of hydrogen-bond donors (Lipinski definition) is 3. The molecule has 0 radical (unpaired) electrons. The minimum Gasteiger partial charge on any atom is -0.541 e. The van der Waals surface area contributed by atoms with E-state index in [0.717, 1.165) is 0 Å². The number of carboxylic acid groups (broad SMARTS) is 1. The second-order valence-electron chi connectivity index (χ2n) is 2.43. The molecule has 0 spiro atoms. The number of carbonyl (C=O) groups is 1. The van der Waals surface area contributed by atoms with Gasteiger partial charge < -0.3 is 26.2 Å². The van der Waals surface area contributed by atoms with Crippen LogP contribution >= 0.6 is 0 Å². The third kappa shape index (κ3) is 1.42. The van der Waals surface area contributed by atoms with Gasteiger partial charge in [0.25, 0.3) is 0 Å². The number of hydrazone groups is 1. The zero-order chi connectivity index (χ0) is 11.8. The molecule has 1 unspecified atom stereocenters. The van der Waals surface area contributed by atoms with E-state index >= 15 is 0 Å². The summed E-state index contributed by atoms with van der Waals surface area (Å²) in [6.45, 7) is 0. The third-order valence-electron chi connectivity index (χ3n) is 1.65. The number of aliphatic carboxylic acids is 1. The van der Waals surface area contributed by atoms with Crippen LogP contribution in [0, 0.1) is 25.6 Å². The van der Waals surface area contributed by atoms with Crippen molar-refractivity contribution in [3.05, 3.63) is 20.2 Å². The molecule has 0 saturated carbocycles. The fourth-order valence-corrected chi connectivity index (χ4v) is 0.894. The van der Waals surface area contributed by atoms with Crippen molar-refractivity contribution in [3.8, 4) is 0 Å². The normalized spacial score (nSPS) is 22.8. The zero-order valence-corrected chi connectivity index (χ0v) is 7.79. The van der Waals surface area contributed by atoms with Crippen LogP contribution in [0.3, 0.4) is 0 Å². The largest absolute Gasteiger partial charge is 0.541 e. The summed E-state index contributed by atoms with van der Waals surface area (Å²) in [4.78, 5) is 28.5. The van der Waals surface area contributed by atoms with Crippen LogP contribution in [0.4, 0.5) is 0 Å². The van der Waals surface area contributed by atoms with Crippen LogP contribution in [0.5, 0.6) is 0 Å². The lowest BCUT2D eigenvalue weighted by Gasteiger charge is -2.16. The number of rotatable bonds is 2. The van der Waals surface area contributed by atoms with E-state index < -0.39 is 33.0 Å². The molecule has 0 aromatic carbocycles. The Bertz CT molecular complexity index is 399. The molecule has 1 rings (SSSR count). The van der Waals surface area contributed by atoms with E-state index in [0.29, 0.717) is 0 Å². The Morgan fingerprint density at radius 3 is 2.12 bits per heavy atom. The van der Waals surface area contributed by atoms with Crippen LogP contribution in [0.15, 0.2) is 5.10 Å². The van der Waals surface area contributed by atoms with Gasteiger partial charge in [-0.2, -0.15) is 0 Å². The van der Waals surface area contributed by atoms with Crippen LogP contribution in [0.2, 0.25) is 0 Å². The molecule has 1 aliphatic rings. The van der Waals surface area contributed by atoms with Gasteiger partial charge in [-0.15, -0.1) is 5.43 Å². The Kier molecular flexibility index (Phi) is 3.22. The second-order valence-corrected chi connectivity index (χ2v) is 2.43. The number of carbonyl (C=O) groups excluding carboxylic acids is 1. The highest BCUT2D eigenvalue weighted by atomic mass is 16.6. The van der Waals surface area contributed by atoms with E-state index in [2.05, 4.69) is 5.10 Å². The van der Waals surface area contributed by atoms with Crippen molar-refractivity contribution in [3.63, 3.8) is 0 Å². The van der Waals surface area contributed by atoms with Gasteiger partial charge in [-0.05, 0) is 4.92 Å². The highest BCUT2D eigenvalue weighted by Gasteiger charge is 2.62. The lowest BCUT2D eigenvalue weighted by atomic mass is 10.1. The molecule has 0 saturated heterocycles. The summed E-state index contributed by atoms with van der Waals surface area (Å²) < 4.78 is 0. The number of amidine groups is 1. The molecule has 0 aliphatic carbocycles. The van der Waals surface area contributed by atoms with Gasteiger partial charge >= 0.3 is 11.5 Å². The van der Waals surface area contributed by atoms with E-state index in [-0.39, 0.29) is 6.15 Å². The van der Waals surface area contributed by atoms with Crippen molar-refractivity contribution in [2.45, 2.75) is 5.66 Å². The Labute approximate surface area is 86.3 Å². The van der Waals surface area contributed by atoms with Crippen molar-refractivity contribution < 1.29 is 19.7 Å². The van der Waals surface area contributed by atoms with E-state index in [1.54, 1.807) is 0 Å². The maximum atomic E-state index is 10.5. The molecule has 1 atom stereocenters. The minimum atomic E-state index is -3.18. The number of quaternary nitrogens is 1. The SMILES string of the molecule is N=C1C([N+](=O)[O-])=NNC1(C(=O)[O-])[N+](=O)[O-].[NH4+]. The highest BCUT2D eigenvalue weighted by molar-refractivity contribution is 6.44. The quantitative estimate of drug-likeness (QED) is 0.339. The van der Waals surface area contributed by atoms with Crippen LogP contribution < -0.4 is 16.7 Å². The fraction of sp³-hybridized carbons (Fsp3) is 0.250. The van der Waals surface area contributed by atoms with Gasteiger partial charge in [-0.25, -0.2) is 0 Å². The predicted octanol–water partition coefficient (Wildman–Crippen LogP) is -2.70. The first-order chi connectivity index (χ1) is 6.84. The van der Waals surface area contributed by atoms with Gasteiger partial charge in [0.2, 0.25) is 5.71 Å². The summed E-state index contributed by atoms with van der Waals surface area (Å²) in [5.74, 6) is -3.52. The first-order valence-electron chi connectivity index (χ1n) is 3.28. The van der Waals surface area contributed by atoms with Gasteiger partial charge in [0.05, 0.1) is 10.0 Å². The van der Waals surface area contributed by atoms with Gasteiger partial charge in [-0.1, -0.05) is 0 Å². The highest BCUT2D eigenvalue weighted by Crippen LogP contribution is 2.14. The van der Waals surface area contributed by atoms with Gasteiger partial charge in [0, 0.05) is 0 Å². The summed E-state index contributed by atoms with van der Waals surface area (Å²) in [5.41, 5.74) is -3.14. The zero-order valence-electron chi connectivity index (χ0n) is 7.79. The lowest BCUT2D eigenvalue weighted by molar-refractivity contribution is -0.552. The smallest absolute Gasteiger partial charge is 0.419 e. The van der Waals surface area contributed by atoms with Crippen LogP contribution in [0.1, 0.15) is 0 Å². The Morgan fingerprint density at radius 2 is 1.94 bits per heavy atom. The standard InChI is InChI=1S/C4H3N5O6.H3N/c5-1-2(8(12)13)6-7-4(1,3(10)11)9(14)15;/h5,7H,(H,10,11);1H3. The first kappa shape index (κ1) is 13.4. The van der Waals surface area contributed by atoms with Crippen molar-refractivity contribution >= 4 is 17.5 Å². The Hall–Kier alpha value is -2.63. The number of nitro groups is 2. The third-order valence-corrected chi connectivity index (χ3v) is 1.65. The molecular weight excluding hydrogens is 228 g/mol. The molecule has 0 aromatic heterocycles. The predicted molar refractivity (Wildman–Crippen MR) is 46.0 cm³/mol. The topological polar surface area (TPSA) is 211 Å². The summed E-state index contributed by atoms with van der Waals surface area (Å²) in [5, 5.41) is 40.9. The molecular formula is C4H6N6O6. The number of carboxylic acids is 1. The van der Waals surface area contributed by atoms with Crippen molar-refractivity contribution in [2.24, 2.45) is 5.10 Å².